The minimum Gasteiger partial charge on any atom is -0.493 e. The van der Waals surface area contributed by atoms with E-state index in [1.807, 2.05) is 0 Å². The van der Waals surface area contributed by atoms with Crippen LogP contribution < -0.4 is 9.47 Å². The van der Waals surface area contributed by atoms with E-state index in [0.717, 1.165) is 0 Å². The number of hydrogen-bond acceptors (Lipinski definition) is 4. The highest BCUT2D eigenvalue weighted by Crippen LogP contribution is 2.27. The van der Waals surface area contributed by atoms with Crippen molar-refractivity contribution in [3.8, 4) is 11.5 Å². The average Bonchev–Trinajstić information content (AvgIpc) is 2.16. The number of rotatable bonds is 3. The highest BCUT2D eigenvalue weighted by molar-refractivity contribution is 5.78. The van der Waals surface area contributed by atoms with Crippen LogP contribution in [-0.2, 0) is 4.79 Å². The SMILES string of the molecule is COc1ccc(C=O)cc1OC(C)=O. The number of carbonyl (C=O) groups excluding carboxylic acids is 2. The van der Waals surface area contributed by atoms with E-state index >= 15 is 0 Å². The normalized spacial score (nSPS) is 9.29. The van der Waals surface area contributed by atoms with Gasteiger partial charge < -0.3 is 9.47 Å². The highest BCUT2D eigenvalue weighted by atomic mass is 16.6. The van der Waals surface area contributed by atoms with Crippen LogP contribution in [0.25, 0.3) is 0 Å². The lowest BCUT2D eigenvalue weighted by molar-refractivity contribution is -0.132. The average molecular weight is 194 g/mol. The smallest absolute Gasteiger partial charge is 0.308 e. The number of ether oxygens (including phenoxy) is 2. The van der Waals surface area contributed by atoms with Gasteiger partial charge in [-0.15, -0.1) is 0 Å². The summed E-state index contributed by atoms with van der Waals surface area (Å²) in [6, 6.07) is 4.61. The first-order valence-electron chi connectivity index (χ1n) is 3.99. The van der Waals surface area contributed by atoms with Crippen LogP contribution in [-0.4, -0.2) is 19.4 Å². The van der Waals surface area contributed by atoms with Crippen LogP contribution in [0, 0.1) is 0 Å². The van der Waals surface area contributed by atoms with Gasteiger partial charge >= 0.3 is 5.97 Å². The number of hydrogen-bond donors (Lipinski definition) is 0. The molecule has 0 atom stereocenters. The lowest BCUT2D eigenvalue weighted by Gasteiger charge is -2.07. The van der Waals surface area contributed by atoms with Gasteiger partial charge in [0.05, 0.1) is 7.11 Å². The molecule has 0 aromatic heterocycles. The summed E-state index contributed by atoms with van der Waals surface area (Å²) < 4.78 is 9.81. The molecular weight excluding hydrogens is 184 g/mol. The van der Waals surface area contributed by atoms with Crippen molar-refractivity contribution >= 4 is 12.3 Å². The fourth-order valence-corrected chi connectivity index (χ4v) is 1.00. The second-order valence-corrected chi connectivity index (χ2v) is 2.62. The Bertz CT molecular complexity index is 357. The maximum absolute atomic E-state index is 10.7. The minimum atomic E-state index is -0.452. The summed E-state index contributed by atoms with van der Waals surface area (Å²) in [5.41, 5.74) is 0.432. The molecule has 0 saturated heterocycles. The molecule has 1 aromatic carbocycles. The Morgan fingerprint density at radius 2 is 2.07 bits per heavy atom. The quantitative estimate of drug-likeness (QED) is 0.415. The van der Waals surface area contributed by atoms with Gasteiger partial charge in [-0.3, -0.25) is 9.59 Å². The monoisotopic (exact) mass is 194 g/mol. The zero-order valence-electron chi connectivity index (χ0n) is 7.94. The zero-order valence-corrected chi connectivity index (χ0v) is 7.94. The molecule has 0 aliphatic rings. The van der Waals surface area contributed by atoms with E-state index in [-0.39, 0.29) is 5.75 Å². The van der Waals surface area contributed by atoms with E-state index in [2.05, 4.69) is 0 Å². The summed E-state index contributed by atoms with van der Waals surface area (Å²) in [6.07, 6.45) is 0.673. The molecule has 0 amide bonds. The summed E-state index contributed by atoms with van der Waals surface area (Å²) in [5.74, 6) is 0.224. The van der Waals surface area contributed by atoms with Crippen LogP contribution in [0.1, 0.15) is 17.3 Å². The number of carbonyl (C=O) groups is 2. The molecule has 0 bridgehead atoms. The first-order valence-corrected chi connectivity index (χ1v) is 3.99. The Labute approximate surface area is 81.4 Å². The van der Waals surface area contributed by atoms with Crippen molar-refractivity contribution in [3.63, 3.8) is 0 Å². The first-order chi connectivity index (χ1) is 6.67. The molecule has 14 heavy (non-hydrogen) atoms. The van der Waals surface area contributed by atoms with Crippen molar-refractivity contribution in [3.05, 3.63) is 23.8 Å². The van der Waals surface area contributed by atoms with Gasteiger partial charge in [0.15, 0.2) is 11.5 Å². The van der Waals surface area contributed by atoms with Gasteiger partial charge in [-0.25, -0.2) is 0 Å². The van der Waals surface area contributed by atoms with Crippen molar-refractivity contribution in [1.29, 1.82) is 0 Å². The molecule has 4 heteroatoms. The molecule has 0 unspecified atom stereocenters. The molecule has 0 radical (unpaired) electrons. The summed E-state index contributed by atoms with van der Waals surface area (Å²) in [4.78, 5) is 21.2. The standard InChI is InChI=1S/C10H10O4/c1-7(12)14-10-5-8(6-11)3-4-9(10)13-2/h3-6H,1-2H3. The molecule has 1 rings (SSSR count). The lowest BCUT2D eigenvalue weighted by atomic mass is 10.2. The van der Waals surface area contributed by atoms with Gasteiger partial charge in [0, 0.05) is 12.5 Å². The lowest BCUT2D eigenvalue weighted by Crippen LogP contribution is -2.03. The van der Waals surface area contributed by atoms with E-state index in [0.29, 0.717) is 17.6 Å². The molecule has 0 fully saturated rings. The van der Waals surface area contributed by atoms with Gasteiger partial charge in [0.2, 0.25) is 0 Å². The Morgan fingerprint density at radius 3 is 2.57 bits per heavy atom. The predicted octanol–water partition coefficient (Wildman–Crippen LogP) is 1.43. The van der Waals surface area contributed by atoms with Crippen molar-refractivity contribution < 1.29 is 19.1 Å². The molecule has 0 heterocycles. The summed E-state index contributed by atoms with van der Waals surface area (Å²) in [6.45, 7) is 1.28. The molecule has 0 N–H and O–H groups in total. The van der Waals surface area contributed by atoms with Gasteiger partial charge in [-0.2, -0.15) is 0 Å². The third kappa shape index (κ3) is 2.32. The summed E-state index contributed by atoms with van der Waals surface area (Å²) in [5, 5.41) is 0. The van der Waals surface area contributed by atoms with E-state index in [4.69, 9.17) is 9.47 Å². The highest BCUT2D eigenvalue weighted by Gasteiger charge is 2.07. The number of methoxy groups -OCH3 is 1. The maximum atomic E-state index is 10.7. The van der Waals surface area contributed by atoms with Gasteiger partial charge in [-0.05, 0) is 18.2 Å². The predicted molar refractivity (Wildman–Crippen MR) is 49.7 cm³/mol. The fraction of sp³-hybridized carbons (Fsp3) is 0.200. The molecule has 0 aliphatic heterocycles. The second kappa shape index (κ2) is 4.41. The van der Waals surface area contributed by atoms with Crippen molar-refractivity contribution in [2.45, 2.75) is 6.92 Å². The zero-order chi connectivity index (χ0) is 10.6. The number of benzene rings is 1. The van der Waals surface area contributed by atoms with Crippen LogP contribution in [0.4, 0.5) is 0 Å². The Morgan fingerprint density at radius 1 is 1.36 bits per heavy atom. The molecule has 4 nitrogen and oxygen atoms in total. The van der Waals surface area contributed by atoms with Crippen LogP contribution in [0.2, 0.25) is 0 Å². The van der Waals surface area contributed by atoms with Gasteiger partial charge in [0.25, 0.3) is 0 Å². The van der Waals surface area contributed by atoms with E-state index in [9.17, 15) is 9.59 Å². The van der Waals surface area contributed by atoms with E-state index in [1.54, 1.807) is 12.1 Å². The topological polar surface area (TPSA) is 52.6 Å². The van der Waals surface area contributed by atoms with Crippen molar-refractivity contribution in [2.24, 2.45) is 0 Å². The van der Waals surface area contributed by atoms with Crippen LogP contribution >= 0.6 is 0 Å². The minimum absolute atomic E-state index is 0.254. The largest absolute Gasteiger partial charge is 0.493 e. The Kier molecular flexibility index (Phi) is 3.23. The van der Waals surface area contributed by atoms with Crippen LogP contribution in [0.15, 0.2) is 18.2 Å². The second-order valence-electron chi connectivity index (χ2n) is 2.62. The van der Waals surface area contributed by atoms with Gasteiger partial charge in [-0.1, -0.05) is 0 Å². The summed E-state index contributed by atoms with van der Waals surface area (Å²) >= 11 is 0. The fourth-order valence-electron chi connectivity index (χ4n) is 1.00. The van der Waals surface area contributed by atoms with Crippen LogP contribution in [0.3, 0.4) is 0 Å². The molecule has 0 aliphatic carbocycles. The van der Waals surface area contributed by atoms with Crippen LogP contribution in [0.5, 0.6) is 11.5 Å². The third-order valence-corrected chi connectivity index (χ3v) is 1.58. The Hall–Kier alpha value is -1.84. The molecule has 1 aromatic rings. The molecule has 0 spiro atoms. The van der Waals surface area contributed by atoms with Gasteiger partial charge in [0.1, 0.15) is 6.29 Å². The maximum Gasteiger partial charge on any atom is 0.308 e. The van der Waals surface area contributed by atoms with E-state index in [1.165, 1.54) is 20.1 Å². The molecule has 0 saturated carbocycles. The van der Waals surface area contributed by atoms with Crippen molar-refractivity contribution in [2.75, 3.05) is 7.11 Å². The van der Waals surface area contributed by atoms with Crippen molar-refractivity contribution in [1.82, 2.24) is 0 Å². The first kappa shape index (κ1) is 10.2. The molecular formula is C10H10O4. The third-order valence-electron chi connectivity index (χ3n) is 1.58. The molecule has 74 valence electrons. The number of aldehydes is 1. The summed E-state index contributed by atoms with van der Waals surface area (Å²) in [7, 11) is 1.46. The van der Waals surface area contributed by atoms with E-state index < -0.39 is 5.97 Å². The number of esters is 1. The Balaban J connectivity index is 3.07.